The lowest BCUT2D eigenvalue weighted by atomic mass is 10.2. The molecule has 1 saturated carbocycles. The first-order valence-electron chi connectivity index (χ1n) is 9.52. The highest BCUT2D eigenvalue weighted by molar-refractivity contribution is 7.60. The summed E-state index contributed by atoms with van der Waals surface area (Å²) in [7, 11) is -3.30. The highest BCUT2D eigenvalue weighted by Crippen LogP contribution is 2.73. The number of hydrogen-bond donors (Lipinski definition) is 1. The summed E-state index contributed by atoms with van der Waals surface area (Å²) in [5.74, 6) is -0.142. The van der Waals surface area contributed by atoms with Crippen LogP contribution in [-0.2, 0) is 26.6 Å². The summed E-state index contributed by atoms with van der Waals surface area (Å²) in [5.41, 5.74) is 1.71. The van der Waals surface area contributed by atoms with Gasteiger partial charge in [0, 0.05) is 10.9 Å². The second-order valence-electron chi connectivity index (χ2n) is 7.03. The van der Waals surface area contributed by atoms with Gasteiger partial charge in [-0.05, 0) is 36.6 Å². The molecule has 0 spiro atoms. The lowest BCUT2D eigenvalue weighted by Crippen LogP contribution is -2.39. The van der Waals surface area contributed by atoms with Crippen molar-refractivity contribution in [2.24, 2.45) is 5.92 Å². The molecule has 3 rings (SSSR count). The molecule has 2 aromatic rings. The molecule has 0 saturated heterocycles. The van der Waals surface area contributed by atoms with Gasteiger partial charge in [0.25, 0.3) is 0 Å². The maximum absolute atomic E-state index is 14.0. The van der Waals surface area contributed by atoms with Crippen LogP contribution in [0.3, 0.4) is 0 Å². The van der Waals surface area contributed by atoms with Gasteiger partial charge >= 0.3 is 6.09 Å². The highest BCUT2D eigenvalue weighted by Gasteiger charge is 2.66. The van der Waals surface area contributed by atoms with E-state index in [-0.39, 0.29) is 25.3 Å². The van der Waals surface area contributed by atoms with Crippen LogP contribution < -0.4 is 5.32 Å². The first kappa shape index (κ1) is 21.6. The summed E-state index contributed by atoms with van der Waals surface area (Å²) < 4.78 is 25.1. The number of amides is 1. The van der Waals surface area contributed by atoms with Crippen LogP contribution in [0.1, 0.15) is 24.5 Å². The molecular formula is C22H25ClNO4P. The first-order valence-corrected chi connectivity index (χ1v) is 11.7. The molecule has 3 unspecified atom stereocenters. The summed E-state index contributed by atoms with van der Waals surface area (Å²) in [6.45, 7) is 6.03. The Morgan fingerprint density at radius 3 is 2.52 bits per heavy atom. The molecule has 1 aliphatic carbocycles. The number of benzene rings is 2. The van der Waals surface area contributed by atoms with E-state index in [1.54, 1.807) is 25.1 Å². The standard InChI is InChI=1S/C22H25ClNO4P/c1-3-19-14-22(19,24-21(25)27-15-17-8-6-5-7-9-17)29(26,28-4-2)16-18-10-12-20(23)13-11-18/h3,5-13,19H,1,4,14-16H2,2H3,(H,24,25). The molecule has 0 heterocycles. The van der Waals surface area contributed by atoms with Gasteiger partial charge in [-0.25, -0.2) is 4.79 Å². The lowest BCUT2D eigenvalue weighted by Gasteiger charge is -2.29. The number of rotatable bonds is 9. The van der Waals surface area contributed by atoms with Crippen LogP contribution in [0.15, 0.2) is 67.3 Å². The maximum atomic E-state index is 14.0. The van der Waals surface area contributed by atoms with Crippen molar-refractivity contribution in [2.45, 2.75) is 31.4 Å². The molecule has 29 heavy (non-hydrogen) atoms. The fourth-order valence-electron chi connectivity index (χ4n) is 3.45. The monoisotopic (exact) mass is 433 g/mol. The van der Waals surface area contributed by atoms with Crippen LogP contribution in [-0.4, -0.2) is 18.0 Å². The van der Waals surface area contributed by atoms with Crippen LogP contribution in [0, 0.1) is 5.92 Å². The number of hydrogen-bond acceptors (Lipinski definition) is 4. The molecule has 1 amide bonds. The van der Waals surface area contributed by atoms with Crippen molar-refractivity contribution >= 4 is 25.1 Å². The molecule has 2 aromatic carbocycles. The zero-order valence-corrected chi connectivity index (χ0v) is 18.0. The number of carbonyl (C=O) groups is 1. The highest BCUT2D eigenvalue weighted by atomic mass is 35.5. The zero-order chi connectivity index (χ0) is 20.9. The van der Waals surface area contributed by atoms with E-state index in [2.05, 4.69) is 11.9 Å². The van der Waals surface area contributed by atoms with Gasteiger partial charge in [0.15, 0.2) is 0 Å². The maximum Gasteiger partial charge on any atom is 0.408 e. The van der Waals surface area contributed by atoms with Crippen LogP contribution in [0.2, 0.25) is 5.02 Å². The van der Waals surface area contributed by atoms with E-state index in [1.807, 2.05) is 42.5 Å². The van der Waals surface area contributed by atoms with Gasteiger partial charge in [-0.1, -0.05) is 60.1 Å². The number of ether oxygens (including phenoxy) is 1. The summed E-state index contributed by atoms with van der Waals surface area (Å²) in [6, 6.07) is 16.5. The van der Waals surface area contributed by atoms with Crippen molar-refractivity contribution in [3.8, 4) is 0 Å². The molecule has 7 heteroatoms. The Morgan fingerprint density at radius 1 is 1.24 bits per heavy atom. The van der Waals surface area contributed by atoms with Crippen molar-refractivity contribution in [1.82, 2.24) is 5.32 Å². The van der Waals surface area contributed by atoms with Crippen molar-refractivity contribution in [3.63, 3.8) is 0 Å². The molecule has 1 fully saturated rings. The summed E-state index contributed by atoms with van der Waals surface area (Å²) in [5, 5.41) is 2.45. The van der Waals surface area contributed by atoms with Crippen LogP contribution >= 0.6 is 19.0 Å². The Morgan fingerprint density at radius 2 is 1.93 bits per heavy atom. The van der Waals surface area contributed by atoms with Crippen LogP contribution in [0.25, 0.3) is 0 Å². The summed E-state index contributed by atoms with van der Waals surface area (Å²) in [6.07, 6.45) is 1.79. The van der Waals surface area contributed by atoms with Gasteiger partial charge in [0.2, 0.25) is 7.37 Å². The van der Waals surface area contributed by atoms with Crippen LogP contribution in [0.5, 0.6) is 0 Å². The minimum Gasteiger partial charge on any atom is -0.445 e. The third-order valence-corrected chi connectivity index (χ3v) is 8.60. The van der Waals surface area contributed by atoms with Crippen LogP contribution in [0.4, 0.5) is 4.79 Å². The fourth-order valence-corrected chi connectivity index (χ4v) is 6.64. The predicted molar refractivity (Wildman–Crippen MR) is 115 cm³/mol. The molecule has 0 bridgehead atoms. The Kier molecular flexibility index (Phi) is 6.84. The topological polar surface area (TPSA) is 64.6 Å². The quantitative estimate of drug-likeness (QED) is 0.390. The zero-order valence-electron chi connectivity index (χ0n) is 16.3. The van der Waals surface area contributed by atoms with Gasteiger partial charge in [-0.2, -0.15) is 0 Å². The minimum atomic E-state index is -3.30. The van der Waals surface area contributed by atoms with Crippen molar-refractivity contribution < 1.29 is 18.6 Å². The number of nitrogens with one attached hydrogen (secondary N) is 1. The van der Waals surface area contributed by atoms with Gasteiger partial charge in [0.05, 0.1) is 12.8 Å². The minimum absolute atomic E-state index is 0.137. The molecule has 5 nitrogen and oxygen atoms in total. The Bertz CT molecular complexity index is 903. The second-order valence-corrected chi connectivity index (χ2v) is 10.2. The van der Waals surface area contributed by atoms with Gasteiger partial charge < -0.3 is 14.6 Å². The van der Waals surface area contributed by atoms with E-state index in [0.29, 0.717) is 11.4 Å². The third-order valence-electron chi connectivity index (χ3n) is 5.05. The van der Waals surface area contributed by atoms with E-state index >= 15 is 0 Å². The molecule has 0 aliphatic heterocycles. The number of alkyl carbamates (subject to hydrolysis) is 1. The fraction of sp³-hybridized carbons (Fsp3) is 0.318. The molecule has 0 aromatic heterocycles. The SMILES string of the molecule is C=CC1CC1(NC(=O)OCc1ccccc1)P(=O)(Cc1ccc(Cl)cc1)OCC. The van der Waals surface area contributed by atoms with Crippen molar-refractivity contribution in [2.75, 3.05) is 6.61 Å². The Labute approximate surface area is 176 Å². The summed E-state index contributed by atoms with van der Waals surface area (Å²) >= 11 is 5.96. The van der Waals surface area contributed by atoms with E-state index in [4.69, 9.17) is 20.9 Å². The lowest BCUT2D eigenvalue weighted by molar-refractivity contribution is 0.136. The normalized spacial score (nSPS) is 22.3. The molecular weight excluding hydrogens is 409 g/mol. The smallest absolute Gasteiger partial charge is 0.408 e. The van der Waals surface area contributed by atoms with E-state index in [9.17, 15) is 9.36 Å². The first-order chi connectivity index (χ1) is 13.9. The van der Waals surface area contributed by atoms with Crippen molar-refractivity contribution in [3.05, 3.63) is 83.4 Å². The molecule has 154 valence electrons. The van der Waals surface area contributed by atoms with E-state index < -0.39 is 18.7 Å². The predicted octanol–water partition coefficient (Wildman–Crippen LogP) is 5.98. The van der Waals surface area contributed by atoms with E-state index in [1.165, 1.54) is 0 Å². The van der Waals surface area contributed by atoms with Gasteiger partial charge in [-0.3, -0.25) is 4.57 Å². The molecule has 1 N–H and O–H groups in total. The van der Waals surface area contributed by atoms with Gasteiger partial charge in [-0.15, -0.1) is 6.58 Å². The largest absolute Gasteiger partial charge is 0.445 e. The molecule has 3 atom stereocenters. The average Bonchev–Trinajstić information content (AvgIpc) is 3.44. The Balaban J connectivity index is 1.77. The van der Waals surface area contributed by atoms with Gasteiger partial charge in [0.1, 0.15) is 11.9 Å². The summed E-state index contributed by atoms with van der Waals surface area (Å²) in [4.78, 5) is 12.5. The molecule has 1 aliphatic rings. The van der Waals surface area contributed by atoms with Crippen molar-refractivity contribution in [1.29, 1.82) is 0 Å². The van der Waals surface area contributed by atoms with E-state index in [0.717, 1.165) is 11.1 Å². The second kappa shape index (κ2) is 9.17. The third kappa shape index (κ3) is 4.92. The molecule has 0 radical (unpaired) electrons. The average molecular weight is 434 g/mol. The number of halogens is 1. The Hall–Kier alpha value is -2.07. The number of carbonyl (C=O) groups excluding carboxylic acids is 1.